The molecule has 4 rings (SSSR count). The molecule has 0 spiro atoms. The van der Waals surface area contributed by atoms with Crippen LogP contribution in [0.3, 0.4) is 0 Å². The van der Waals surface area contributed by atoms with Crippen LogP contribution in [-0.4, -0.2) is 49.3 Å². The second kappa shape index (κ2) is 5.58. The van der Waals surface area contributed by atoms with Gasteiger partial charge in [0.25, 0.3) is 5.56 Å². The minimum atomic E-state index is -1.10. The molecule has 1 aliphatic carbocycles. The van der Waals surface area contributed by atoms with E-state index in [4.69, 9.17) is 5.11 Å². The molecule has 8 heteroatoms. The van der Waals surface area contributed by atoms with Gasteiger partial charge in [-0.05, 0) is 42.4 Å². The molecule has 2 fully saturated rings. The number of carboxylic acid groups (broad SMARTS) is 2. The fourth-order valence-corrected chi connectivity index (χ4v) is 4.26. The molecular formula is C17H17N3O5. The highest BCUT2D eigenvalue weighted by Gasteiger charge is 2.47. The molecule has 1 aliphatic heterocycles. The van der Waals surface area contributed by atoms with Crippen molar-refractivity contribution in [3.05, 3.63) is 40.4 Å². The van der Waals surface area contributed by atoms with Crippen molar-refractivity contribution in [2.75, 3.05) is 6.54 Å². The first kappa shape index (κ1) is 15.6. The zero-order chi connectivity index (χ0) is 17.7. The number of nitrogens with zero attached hydrogens (tertiary/aromatic N) is 3. The molecule has 2 aliphatic rings. The first-order valence-corrected chi connectivity index (χ1v) is 8.14. The van der Waals surface area contributed by atoms with Gasteiger partial charge >= 0.3 is 12.1 Å². The third-order valence-electron chi connectivity index (χ3n) is 5.37. The number of amides is 1. The molecule has 3 atom stereocenters. The van der Waals surface area contributed by atoms with E-state index < -0.39 is 18.6 Å². The Labute approximate surface area is 142 Å². The molecule has 2 heterocycles. The maximum absolute atomic E-state index is 12.5. The number of likely N-dealkylation sites (tertiary alicyclic amines) is 1. The van der Waals surface area contributed by atoms with Crippen LogP contribution in [0.5, 0.6) is 0 Å². The van der Waals surface area contributed by atoms with Crippen LogP contribution < -0.4 is 5.56 Å². The number of aromatic nitrogens is 2. The number of carbonyl (C=O) groups is 2. The van der Waals surface area contributed by atoms with Crippen LogP contribution in [0.4, 0.5) is 4.79 Å². The second-order valence-corrected chi connectivity index (χ2v) is 6.77. The van der Waals surface area contributed by atoms with Gasteiger partial charge in [0.2, 0.25) is 0 Å². The van der Waals surface area contributed by atoms with Crippen LogP contribution in [0.25, 0.3) is 10.9 Å². The summed E-state index contributed by atoms with van der Waals surface area (Å²) in [4.78, 5) is 40.2. The van der Waals surface area contributed by atoms with Gasteiger partial charge in [0, 0.05) is 12.6 Å². The van der Waals surface area contributed by atoms with Crippen molar-refractivity contribution in [1.29, 1.82) is 0 Å². The SMILES string of the molecule is O=C(O)Cn1cnc2ccc(C3CC4CC3CN4C(=O)O)cc2c1=O. The van der Waals surface area contributed by atoms with Gasteiger partial charge in [-0.2, -0.15) is 0 Å². The molecule has 25 heavy (non-hydrogen) atoms. The number of piperidine rings is 1. The van der Waals surface area contributed by atoms with E-state index in [0.29, 0.717) is 17.4 Å². The summed E-state index contributed by atoms with van der Waals surface area (Å²) in [5.74, 6) is -0.615. The third-order valence-corrected chi connectivity index (χ3v) is 5.37. The summed E-state index contributed by atoms with van der Waals surface area (Å²) in [7, 11) is 0. The number of fused-ring (bicyclic) bond motifs is 3. The van der Waals surface area contributed by atoms with E-state index in [9.17, 15) is 19.5 Å². The van der Waals surface area contributed by atoms with Crippen molar-refractivity contribution in [1.82, 2.24) is 14.5 Å². The van der Waals surface area contributed by atoms with Gasteiger partial charge in [0.1, 0.15) is 6.54 Å². The van der Waals surface area contributed by atoms with E-state index in [2.05, 4.69) is 4.98 Å². The van der Waals surface area contributed by atoms with Crippen molar-refractivity contribution < 1.29 is 19.8 Å². The molecule has 1 amide bonds. The number of hydrogen-bond acceptors (Lipinski definition) is 4. The Bertz CT molecular complexity index is 938. The van der Waals surface area contributed by atoms with Gasteiger partial charge in [-0.15, -0.1) is 0 Å². The lowest BCUT2D eigenvalue weighted by Crippen LogP contribution is -2.38. The van der Waals surface area contributed by atoms with Crippen molar-refractivity contribution in [2.45, 2.75) is 31.3 Å². The number of benzene rings is 1. The van der Waals surface area contributed by atoms with Gasteiger partial charge < -0.3 is 15.1 Å². The minimum absolute atomic E-state index is 0.0424. The van der Waals surface area contributed by atoms with E-state index in [1.54, 1.807) is 12.1 Å². The summed E-state index contributed by atoms with van der Waals surface area (Å²) < 4.78 is 1.08. The lowest BCUT2D eigenvalue weighted by Gasteiger charge is -2.29. The van der Waals surface area contributed by atoms with E-state index in [0.717, 1.165) is 23.0 Å². The lowest BCUT2D eigenvalue weighted by atomic mass is 9.87. The fraction of sp³-hybridized carbons (Fsp3) is 0.412. The van der Waals surface area contributed by atoms with Crippen LogP contribution in [0.2, 0.25) is 0 Å². The number of carboxylic acids is 1. The van der Waals surface area contributed by atoms with Crippen molar-refractivity contribution in [2.24, 2.45) is 5.92 Å². The van der Waals surface area contributed by atoms with Crippen LogP contribution >= 0.6 is 0 Å². The normalized spacial score (nSPS) is 24.8. The summed E-state index contributed by atoms with van der Waals surface area (Å²) in [6, 6.07) is 5.55. The molecule has 1 aromatic carbocycles. The Morgan fingerprint density at radius 3 is 2.68 bits per heavy atom. The van der Waals surface area contributed by atoms with Gasteiger partial charge in [-0.1, -0.05) is 6.07 Å². The summed E-state index contributed by atoms with van der Waals surface area (Å²) in [6.45, 7) is 0.104. The average Bonchev–Trinajstić information content (AvgIpc) is 3.17. The molecule has 3 unspecified atom stereocenters. The van der Waals surface area contributed by atoms with Crippen LogP contribution in [0.15, 0.2) is 29.3 Å². The Hall–Kier alpha value is -2.90. The second-order valence-electron chi connectivity index (χ2n) is 6.77. The molecule has 1 saturated heterocycles. The van der Waals surface area contributed by atoms with E-state index in [1.807, 2.05) is 6.07 Å². The molecule has 2 aromatic rings. The molecule has 1 aromatic heterocycles. The Morgan fingerprint density at radius 2 is 2.04 bits per heavy atom. The fourth-order valence-electron chi connectivity index (χ4n) is 4.26. The van der Waals surface area contributed by atoms with E-state index in [-0.39, 0.29) is 23.4 Å². The standard InChI is InChI=1S/C17H17N3O5/c21-15(22)7-19-8-18-14-2-1-9(4-13(14)16(19)23)12-5-11-3-10(12)6-20(11)17(24)25/h1-2,4,8,10-12H,3,5-7H2,(H,21,22)(H,24,25). The highest BCUT2D eigenvalue weighted by atomic mass is 16.4. The highest BCUT2D eigenvalue weighted by molar-refractivity contribution is 5.78. The highest BCUT2D eigenvalue weighted by Crippen LogP contribution is 2.47. The summed E-state index contributed by atoms with van der Waals surface area (Å²) >= 11 is 0. The maximum atomic E-state index is 12.5. The summed E-state index contributed by atoms with van der Waals surface area (Å²) in [5, 5.41) is 18.5. The van der Waals surface area contributed by atoms with E-state index in [1.165, 1.54) is 11.2 Å². The molecule has 2 N–H and O–H groups in total. The van der Waals surface area contributed by atoms with Gasteiger partial charge in [-0.3, -0.25) is 14.2 Å². The largest absolute Gasteiger partial charge is 0.480 e. The smallest absolute Gasteiger partial charge is 0.407 e. The monoisotopic (exact) mass is 343 g/mol. The zero-order valence-corrected chi connectivity index (χ0v) is 13.3. The first-order valence-electron chi connectivity index (χ1n) is 8.14. The number of rotatable bonds is 3. The Balaban J connectivity index is 1.68. The molecule has 130 valence electrons. The molecule has 8 nitrogen and oxygen atoms in total. The van der Waals surface area contributed by atoms with Gasteiger partial charge in [0.15, 0.2) is 0 Å². The third kappa shape index (κ3) is 2.54. The van der Waals surface area contributed by atoms with Crippen molar-refractivity contribution in [3.63, 3.8) is 0 Å². The first-order chi connectivity index (χ1) is 11.9. The van der Waals surface area contributed by atoms with Gasteiger partial charge in [-0.25, -0.2) is 9.78 Å². The molecule has 2 bridgehead atoms. The zero-order valence-electron chi connectivity index (χ0n) is 13.3. The summed E-state index contributed by atoms with van der Waals surface area (Å²) in [5.41, 5.74) is 1.16. The van der Waals surface area contributed by atoms with Gasteiger partial charge in [0.05, 0.1) is 17.2 Å². The maximum Gasteiger partial charge on any atom is 0.407 e. The minimum Gasteiger partial charge on any atom is -0.480 e. The predicted octanol–water partition coefficient (Wildman–Crippen LogP) is 1.34. The van der Waals surface area contributed by atoms with Crippen molar-refractivity contribution >= 4 is 23.0 Å². The van der Waals surface area contributed by atoms with Crippen LogP contribution in [0, 0.1) is 5.92 Å². The lowest BCUT2D eigenvalue weighted by molar-refractivity contribution is -0.137. The van der Waals surface area contributed by atoms with E-state index >= 15 is 0 Å². The van der Waals surface area contributed by atoms with Crippen molar-refractivity contribution in [3.8, 4) is 0 Å². The Kier molecular flexibility index (Phi) is 3.48. The predicted molar refractivity (Wildman–Crippen MR) is 87.6 cm³/mol. The Morgan fingerprint density at radius 1 is 1.24 bits per heavy atom. The quantitative estimate of drug-likeness (QED) is 0.869. The average molecular weight is 343 g/mol. The molecule has 1 saturated carbocycles. The van der Waals surface area contributed by atoms with Crippen LogP contribution in [-0.2, 0) is 11.3 Å². The van der Waals surface area contributed by atoms with Crippen LogP contribution in [0.1, 0.15) is 24.3 Å². The topological polar surface area (TPSA) is 113 Å². The summed E-state index contributed by atoms with van der Waals surface area (Å²) in [6.07, 6.45) is 1.99. The molecule has 0 radical (unpaired) electrons. The number of hydrogen-bond donors (Lipinski definition) is 2. The molecular weight excluding hydrogens is 326 g/mol. The number of aliphatic carboxylic acids is 1.